The van der Waals surface area contributed by atoms with Gasteiger partial charge in [-0.05, 0) is 32.0 Å². The Bertz CT molecular complexity index is 1240. The summed E-state index contributed by atoms with van der Waals surface area (Å²) in [6.45, 7) is 4.16. The Morgan fingerprint density at radius 2 is 1.84 bits per heavy atom. The van der Waals surface area contributed by atoms with Gasteiger partial charge in [0.2, 0.25) is 0 Å². The molecule has 0 saturated heterocycles. The molecule has 0 atom stereocenters. The van der Waals surface area contributed by atoms with Crippen LogP contribution in [0.3, 0.4) is 0 Å². The second kappa shape index (κ2) is 8.52. The van der Waals surface area contributed by atoms with E-state index in [1.165, 1.54) is 10.7 Å². The van der Waals surface area contributed by atoms with Crippen LogP contribution >= 0.6 is 23.2 Å². The SMILES string of the molecule is Cc1nn(Cn2ccc(C(=O)Nc3ccn(Cc4c(F)cccc4Cl)n3)n2)c(C)c1Cl. The predicted molar refractivity (Wildman–Crippen MR) is 115 cm³/mol. The van der Waals surface area contributed by atoms with E-state index >= 15 is 0 Å². The number of amides is 1. The Hall–Kier alpha value is -3.17. The molecule has 1 aromatic carbocycles. The summed E-state index contributed by atoms with van der Waals surface area (Å²) < 4.78 is 18.7. The highest BCUT2D eigenvalue weighted by Gasteiger charge is 2.14. The van der Waals surface area contributed by atoms with Gasteiger partial charge in [-0.15, -0.1) is 0 Å². The van der Waals surface area contributed by atoms with Crippen molar-refractivity contribution in [3.63, 3.8) is 0 Å². The largest absolute Gasteiger partial charge is 0.304 e. The molecule has 0 bridgehead atoms. The van der Waals surface area contributed by atoms with Crippen molar-refractivity contribution in [2.45, 2.75) is 27.1 Å². The highest BCUT2D eigenvalue weighted by Crippen LogP contribution is 2.21. The lowest BCUT2D eigenvalue weighted by Gasteiger charge is -2.06. The number of rotatable bonds is 6. The molecule has 0 spiro atoms. The fourth-order valence-electron chi connectivity index (χ4n) is 3.05. The molecule has 0 unspecified atom stereocenters. The number of anilines is 1. The van der Waals surface area contributed by atoms with Crippen LogP contribution in [0.15, 0.2) is 42.7 Å². The van der Waals surface area contributed by atoms with Gasteiger partial charge in [-0.3, -0.25) is 14.2 Å². The molecule has 0 saturated carbocycles. The maximum absolute atomic E-state index is 14.0. The number of hydrogen-bond donors (Lipinski definition) is 1. The molecule has 3 aromatic heterocycles. The van der Waals surface area contributed by atoms with E-state index in [4.69, 9.17) is 23.2 Å². The number of nitrogens with one attached hydrogen (secondary N) is 1. The first-order valence-electron chi connectivity index (χ1n) is 9.32. The summed E-state index contributed by atoms with van der Waals surface area (Å²) >= 11 is 12.2. The van der Waals surface area contributed by atoms with Crippen LogP contribution in [-0.4, -0.2) is 35.2 Å². The molecule has 8 nitrogen and oxygen atoms in total. The first-order chi connectivity index (χ1) is 14.8. The lowest BCUT2D eigenvalue weighted by Crippen LogP contribution is -2.16. The second-order valence-corrected chi connectivity index (χ2v) is 7.70. The Balaban J connectivity index is 1.42. The molecule has 3 heterocycles. The normalized spacial score (nSPS) is 11.1. The van der Waals surface area contributed by atoms with E-state index in [9.17, 15) is 9.18 Å². The summed E-state index contributed by atoms with van der Waals surface area (Å²) in [7, 11) is 0. The summed E-state index contributed by atoms with van der Waals surface area (Å²) in [5.41, 5.74) is 2.10. The van der Waals surface area contributed by atoms with Gasteiger partial charge < -0.3 is 5.32 Å². The third-order valence-corrected chi connectivity index (χ3v) is 5.61. The number of carbonyl (C=O) groups is 1. The number of aromatic nitrogens is 6. The van der Waals surface area contributed by atoms with E-state index in [2.05, 4.69) is 20.6 Å². The van der Waals surface area contributed by atoms with E-state index < -0.39 is 11.7 Å². The number of nitrogens with zero attached hydrogens (tertiary/aromatic N) is 6. The zero-order valence-electron chi connectivity index (χ0n) is 16.7. The van der Waals surface area contributed by atoms with E-state index in [1.54, 1.807) is 46.0 Å². The van der Waals surface area contributed by atoms with Gasteiger partial charge in [-0.1, -0.05) is 29.3 Å². The van der Waals surface area contributed by atoms with E-state index in [-0.39, 0.29) is 12.2 Å². The molecular formula is C20H18Cl2FN7O. The molecule has 0 aliphatic carbocycles. The van der Waals surface area contributed by atoms with Crippen LogP contribution in [0.25, 0.3) is 0 Å². The zero-order valence-corrected chi connectivity index (χ0v) is 18.2. The molecule has 4 aromatic rings. The lowest BCUT2D eigenvalue weighted by molar-refractivity contribution is 0.102. The average Bonchev–Trinajstić information content (AvgIpc) is 3.43. The molecule has 31 heavy (non-hydrogen) atoms. The topological polar surface area (TPSA) is 82.6 Å². The van der Waals surface area contributed by atoms with Crippen LogP contribution < -0.4 is 5.32 Å². The monoisotopic (exact) mass is 461 g/mol. The van der Waals surface area contributed by atoms with Crippen molar-refractivity contribution in [2.24, 2.45) is 0 Å². The van der Waals surface area contributed by atoms with E-state index in [1.807, 2.05) is 13.8 Å². The molecule has 1 N–H and O–H groups in total. The molecular weight excluding hydrogens is 444 g/mol. The van der Waals surface area contributed by atoms with Crippen molar-refractivity contribution in [1.29, 1.82) is 0 Å². The Labute approximate surface area is 187 Å². The quantitative estimate of drug-likeness (QED) is 0.467. The predicted octanol–water partition coefficient (Wildman–Crippen LogP) is 4.15. The standard InChI is InChI=1S/C20H18Cl2FN7O/c1-12-19(22)13(2)30(25-12)11-29-8-6-17(26-29)20(31)24-18-7-9-28(27-18)10-14-15(21)4-3-5-16(14)23/h3-9H,10-11H2,1-2H3,(H,24,27,31). The van der Waals surface area contributed by atoms with Crippen LogP contribution in [0, 0.1) is 19.7 Å². The minimum Gasteiger partial charge on any atom is -0.304 e. The lowest BCUT2D eigenvalue weighted by atomic mass is 10.2. The van der Waals surface area contributed by atoms with Crippen LogP contribution in [0.1, 0.15) is 27.4 Å². The van der Waals surface area contributed by atoms with Gasteiger partial charge in [0.25, 0.3) is 5.91 Å². The summed E-state index contributed by atoms with van der Waals surface area (Å²) in [6, 6.07) is 7.70. The summed E-state index contributed by atoms with van der Waals surface area (Å²) in [5, 5.41) is 16.5. The highest BCUT2D eigenvalue weighted by atomic mass is 35.5. The third kappa shape index (κ3) is 4.47. The average molecular weight is 462 g/mol. The van der Waals surface area contributed by atoms with Crippen molar-refractivity contribution >= 4 is 34.9 Å². The van der Waals surface area contributed by atoms with Crippen LogP contribution in [0.2, 0.25) is 10.0 Å². The maximum atomic E-state index is 14.0. The number of halogens is 3. The fourth-order valence-corrected chi connectivity index (χ4v) is 3.41. The first-order valence-corrected chi connectivity index (χ1v) is 10.1. The van der Waals surface area contributed by atoms with Gasteiger partial charge in [0.1, 0.15) is 12.5 Å². The summed E-state index contributed by atoms with van der Waals surface area (Å²) in [6.07, 6.45) is 3.31. The van der Waals surface area contributed by atoms with E-state index in [0.717, 1.165) is 11.4 Å². The maximum Gasteiger partial charge on any atom is 0.277 e. The minimum absolute atomic E-state index is 0.140. The fraction of sp³-hybridized carbons (Fsp3) is 0.200. The van der Waals surface area contributed by atoms with Gasteiger partial charge in [0.05, 0.1) is 23.0 Å². The summed E-state index contributed by atoms with van der Waals surface area (Å²) in [4.78, 5) is 12.5. The minimum atomic E-state index is -0.417. The van der Waals surface area contributed by atoms with Gasteiger partial charge in [0, 0.05) is 29.0 Å². The van der Waals surface area contributed by atoms with Crippen molar-refractivity contribution < 1.29 is 9.18 Å². The third-order valence-electron chi connectivity index (χ3n) is 4.71. The van der Waals surface area contributed by atoms with Crippen LogP contribution in [0.4, 0.5) is 10.2 Å². The van der Waals surface area contributed by atoms with Gasteiger partial charge in [0.15, 0.2) is 11.5 Å². The molecule has 0 radical (unpaired) electrons. The summed E-state index contributed by atoms with van der Waals surface area (Å²) in [5.74, 6) is -0.514. The van der Waals surface area contributed by atoms with Crippen LogP contribution in [0.5, 0.6) is 0 Å². The van der Waals surface area contributed by atoms with Crippen molar-refractivity contribution in [1.82, 2.24) is 29.3 Å². The van der Waals surface area contributed by atoms with E-state index in [0.29, 0.717) is 28.1 Å². The zero-order chi connectivity index (χ0) is 22.1. The van der Waals surface area contributed by atoms with Crippen molar-refractivity contribution in [3.8, 4) is 0 Å². The van der Waals surface area contributed by atoms with Crippen LogP contribution in [-0.2, 0) is 13.2 Å². The Morgan fingerprint density at radius 3 is 2.55 bits per heavy atom. The van der Waals surface area contributed by atoms with Gasteiger partial charge >= 0.3 is 0 Å². The number of carbonyl (C=O) groups excluding carboxylic acids is 1. The van der Waals surface area contributed by atoms with Crippen molar-refractivity contribution in [2.75, 3.05) is 5.32 Å². The Morgan fingerprint density at radius 1 is 1.06 bits per heavy atom. The number of benzene rings is 1. The highest BCUT2D eigenvalue weighted by molar-refractivity contribution is 6.32. The van der Waals surface area contributed by atoms with Crippen molar-refractivity contribution in [3.05, 3.63) is 81.2 Å². The molecule has 4 rings (SSSR count). The second-order valence-electron chi connectivity index (χ2n) is 6.92. The smallest absolute Gasteiger partial charge is 0.277 e. The first kappa shape index (κ1) is 21.1. The molecule has 0 fully saturated rings. The molecule has 160 valence electrons. The molecule has 0 aliphatic rings. The Kier molecular flexibility index (Phi) is 5.79. The molecule has 11 heteroatoms. The molecule has 1 amide bonds. The number of hydrogen-bond acceptors (Lipinski definition) is 4. The van der Waals surface area contributed by atoms with Gasteiger partial charge in [-0.25, -0.2) is 9.07 Å². The molecule has 0 aliphatic heterocycles. The number of aryl methyl sites for hydroxylation is 1. The van der Waals surface area contributed by atoms with Gasteiger partial charge in [-0.2, -0.15) is 15.3 Å².